The number of nitrogens with zero attached hydrogens (tertiary/aromatic N) is 1. The summed E-state index contributed by atoms with van der Waals surface area (Å²) >= 11 is 10.9. The molecule has 0 amide bonds. The Balaban J connectivity index is 2.51. The van der Waals surface area contributed by atoms with Crippen molar-refractivity contribution in [2.75, 3.05) is 0 Å². The highest BCUT2D eigenvalue weighted by atomic mass is 35.5. The lowest BCUT2D eigenvalue weighted by molar-refractivity contribution is -0.153. The number of alkyl halides is 3. The van der Waals surface area contributed by atoms with Crippen LogP contribution in [0.15, 0.2) is 30.5 Å². The lowest BCUT2D eigenvalue weighted by atomic mass is 10.0. The van der Waals surface area contributed by atoms with Crippen molar-refractivity contribution in [3.8, 4) is 0 Å². The van der Waals surface area contributed by atoms with Crippen LogP contribution >= 0.6 is 23.4 Å². The van der Waals surface area contributed by atoms with Gasteiger partial charge in [0.05, 0.1) is 0 Å². The molecule has 2 nitrogen and oxygen atoms in total. The SMILES string of the molecule is FC(F)(F)[C@@H](NCl)c1ccc2cnc(Cl)cc2c1. The maximum Gasteiger partial charge on any atom is 0.409 e. The van der Waals surface area contributed by atoms with Crippen molar-refractivity contribution in [1.29, 1.82) is 0 Å². The molecule has 0 spiro atoms. The van der Waals surface area contributed by atoms with Gasteiger partial charge in [-0.25, -0.2) is 9.82 Å². The van der Waals surface area contributed by atoms with Crippen LogP contribution in [0.25, 0.3) is 10.8 Å². The minimum atomic E-state index is -4.47. The van der Waals surface area contributed by atoms with Crippen molar-refractivity contribution in [2.24, 2.45) is 0 Å². The molecule has 0 saturated carbocycles. The molecule has 1 aromatic carbocycles. The second-order valence-electron chi connectivity index (χ2n) is 3.70. The summed E-state index contributed by atoms with van der Waals surface area (Å²) < 4.78 is 38.1. The lowest BCUT2D eigenvalue weighted by Crippen LogP contribution is -2.28. The quantitative estimate of drug-likeness (QED) is 0.662. The molecule has 2 rings (SSSR count). The van der Waals surface area contributed by atoms with Gasteiger partial charge < -0.3 is 0 Å². The average Bonchev–Trinajstić information content (AvgIpc) is 2.27. The zero-order chi connectivity index (χ0) is 13.3. The number of hydrogen-bond acceptors (Lipinski definition) is 2. The van der Waals surface area contributed by atoms with Crippen LogP contribution in [-0.4, -0.2) is 11.2 Å². The van der Waals surface area contributed by atoms with Crippen molar-refractivity contribution in [3.63, 3.8) is 0 Å². The van der Waals surface area contributed by atoms with Crippen LogP contribution < -0.4 is 4.84 Å². The first kappa shape index (κ1) is 13.4. The Labute approximate surface area is 111 Å². The van der Waals surface area contributed by atoms with Gasteiger partial charge in [-0.2, -0.15) is 13.2 Å². The van der Waals surface area contributed by atoms with Gasteiger partial charge in [-0.05, 0) is 34.9 Å². The van der Waals surface area contributed by atoms with E-state index in [2.05, 4.69) is 4.98 Å². The van der Waals surface area contributed by atoms with E-state index in [-0.39, 0.29) is 10.7 Å². The molecule has 0 saturated heterocycles. The van der Waals surface area contributed by atoms with E-state index in [1.807, 2.05) is 0 Å². The van der Waals surface area contributed by atoms with E-state index >= 15 is 0 Å². The van der Waals surface area contributed by atoms with Crippen molar-refractivity contribution in [2.45, 2.75) is 12.2 Å². The van der Waals surface area contributed by atoms with E-state index in [0.717, 1.165) is 0 Å². The van der Waals surface area contributed by atoms with Crippen LogP contribution in [-0.2, 0) is 0 Å². The van der Waals surface area contributed by atoms with Crippen molar-refractivity contribution in [1.82, 2.24) is 9.82 Å². The topological polar surface area (TPSA) is 24.9 Å². The summed E-state index contributed by atoms with van der Waals surface area (Å²) in [6.07, 6.45) is -2.97. The van der Waals surface area contributed by atoms with Crippen LogP contribution in [0.4, 0.5) is 13.2 Å². The first-order chi connectivity index (χ1) is 8.41. The first-order valence-corrected chi connectivity index (χ1v) is 5.65. The van der Waals surface area contributed by atoms with Crippen LogP contribution in [0.5, 0.6) is 0 Å². The second-order valence-corrected chi connectivity index (χ2v) is 4.30. The summed E-state index contributed by atoms with van der Waals surface area (Å²) in [7, 11) is 0. The van der Waals surface area contributed by atoms with Gasteiger partial charge in [0, 0.05) is 11.6 Å². The number of pyridine rings is 1. The number of halogens is 5. The molecule has 0 aliphatic carbocycles. The molecular weight excluding hydrogens is 288 g/mol. The van der Waals surface area contributed by atoms with E-state index in [9.17, 15) is 13.2 Å². The Hall–Kier alpha value is -1.04. The highest BCUT2D eigenvalue weighted by Crippen LogP contribution is 2.34. The predicted octanol–water partition coefficient (Wildman–Crippen LogP) is 4.24. The van der Waals surface area contributed by atoms with E-state index in [1.54, 1.807) is 10.9 Å². The highest BCUT2D eigenvalue weighted by Gasteiger charge is 2.40. The second kappa shape index (κ2) is 4.91. The molecule has 0 aliphatic rings. The van der Waals surface area contributed by atoms with Crippen molar-refractivity contribution in [3.05, 3.63) is 41.2 Å². The maximum absolute atomic E-state index is 12.7. The van der Waals surface area contributed by atoms with Gasteiger partial charge in [0.2, 0.25) is 0 Å². The highest BCUT2D eigenvalue weighted by molar-refractivity contribution is 6.30. The minimum absolute atomic E-state index is 0.0206. The molecule has 1 atom stereocenters. The Morgan fingerprint density at radius 3 is 2.50 bits per heavy atom. The Morgan fingerprint density at radius 1 is 1.17 bits per heavy atom. The predicted molar refractivity (Wildman–Crippen MR) is 64.5 cm³/mol. The monoisotopic (exact) mass is 294 g/mol. The molecular formula is C11H7Cl2F3N2. The van der Waals surface area contributed by atoms with Gasteiger partial charge in [0.1, 0.15) is 11.2 Å². The molecule has 96 valence electrons. The number of nitrogens with one attached hydrogen (secondary N) is 1. The summed E-state index contributed by atoms with van der Waals surface area (Å²) in [6, 6.07) is 3.86. The van der Waals surface area contributed by atoms with Crippen LogP contribution in [0.1, 0.15) is 11.6 Å². The number of rotatable bonds is 2. The maximum atomic E-state index is 12.7. The third kappa shape index (κ3) is 2.68. The van der Waals surface area contributed by atoms with Gasteiger partial charge >= 0.3 is 6.18 Å². The molecule has 1 heterocycles. The molecule has 7 heteroatoms. The molecule has 1 N–H and O–H groups in total. The zero-order valence-electron chi connectivity index (χ0n) is 8.80. The third-order valence-corrected chi connectivity index (χ3v) is 2.91. The summed E-state index contributed by atoms with van der Waals surface area (Å²) in [4.78, 5) is 5.59. The van der Waals surface area contributed by atoms with E-state index < -0.39 is 12.2 Å². The summed E-state index contributed by atoms with van der Waals surface area (Å²) in [6.45, 7) is 0. The van der Waals surface area contributed by atoms with Crippen molar-refractivity contribution >= 4 is 34.2 Å². The minimum Gasteiger partial charge on any atom is -0.244 e. The van der Waals surface area contributed by atoms with Crippen LogP contribution in [0, 0.1) is 0 Å². The van der Waals surface area contributed by atoms with Gasteiger partial charge in [-0.15, -0.1) is 0 Å². The van der Waals surface area contributed by atoms with E-state index in [0.29, 0.717) is 10.8 Å². The summed E-state index contributed by atoms with van der Waals surface area (Å²) in [5.41, 5.74) is 0.0206. The molecule has 0 aliphatic heterocycles. The first-order valence-electron chi connectivity index (χ1n) is 4.90. The van der Waals surface area contributed by atoms with Crippen LogP contribution in [0.2, 0.25) is 5.15 Å². The van der Waals surface area contributed by atoms with Gasteiger partial charge in [-0.1, -0.05) is 23.7 Å². The normalized spacial score (nSPS) is 13.8. The Morgan fingerprint density at radius 2 is 1.89 bits per heavy atom. The Bertz CT molecular complexity index is 572. The molecule has 18 heavy (non-hydrogen) atoms. The van der Waals surface area contributed by atoms with Gasteiger partial charge in [0.15, 0.2) is 0 Å². The van der Waals surface area contributed by atoms with E-state index in [4.69, 9.17) is 23.4 Å². The fourth-order valence-electron chi connectivity index (χ4n) is 1.63. The summed E-state index contributed by atoms with van der Waals surface area (Å²) in [5, 5.41) is 1.51. The van der Waals surface area contributed by atoms with Gasteiger partial charge in [0.25, 0.3) is 0 Å². The molecule has 0 fully saturated rings. The Kier molecular flexibility index (Phi) is 3.66. The molecule has 0 unspecified atom stereocenters. The van der Waals surface area contributed by atoms with E-state index in [1.165, 1.54) is 24.4 Å². The number of benzene rings is 1. The standard InChI is InChI=1S/C11H7Cl2F3N2/c12-9-4-8-3-6(1-2-7(8)5-17-9)10(18-13)11(14,15)16/h1-5,10,18H/t10-/m0/s1. The number of aromatic nitrogens is 1. The third-order valence-electron chi connectivity index (χ3n) is 2.48. The summed E-state index contributed by atoms with van der Waals surface area (Å²) in [5.74, 6) is 0. The molecule has 0 radical (unpaired) electrons. The molecule has 0 bridgehead atoms. The smallest absolute Gasteiger partial charge is 0.244 e. The molecule has 1 aromatic heterocycles. The zero-order valence-corrected chi connectivity index (χ0v) is 10.3. The fourth-order valence-corrected chi connectivity index (χ4v) is 2.04. The largest absolute Gasteiger partial charge is 0.409 e. The fraction of sp³-hybridized carbons (Fsp3) is 0.182. The number of hydrogen-bond donors (Lipinski definition) is 1. The number of fused-ring (bicyclic) bond motifs is 1. The molecule has 2 aromatic rings. The van der Waals surface area contributed by atoms with Gasteiger partial charge in [-0.3, -0.25) is 0 Å². The lowest BCUT2D eigenvalue weighted by Gasteiger charge is -2.18. The van der Waals surface area contributed by atoms with Crippen LogP contribution in [0.3, 0.4) is 0 Å². The average molecular weight is 295 g/mol. The van der Waals surface area contributed by atoms with Crippen molar-refractivity contribution < 1.29 is 13.2 Å².